The van der Waals surface area contributed by atoms with Crippen molar-refractivity contribution in [2.45, 2.75) is 25.4 Å². The molecule has 0 bridgehead atoms. The van der Waals surface area contributed by atoms with Gasteiger partial charge >= 0.3 is 11.9 Å². The third kappa shape index (κ3) is 6.41. The summed E-state index contributed by atoms with van der Waals surface area (Å²) in [5.74, 6) is -2.61. The van der Waals surface area contributed by atoms with Crippen LogP contribution in [0.2, 0.25) is 0 Å². The van der Waals surface area contributed by atoms with Crippen molar-refractivity contribution in [1.82, 2.24) is 10.2 Å². The van der Waals surface area contributed by atoms with Gasteiger partial charge in [0, 0.05) is 46.6 Å². The van der Waals surface area contributed by atoms with Gasteiger partial charge in [-0.25, -0.2) is 9.18 Å². The highest BCUT2D eigenvalue weighted by atomic mass is 19.1. The molecule has 1 unspecified atom stereocenters. The summed E-state index contributed by atoms with van der Waals surface area (Å²) in [6.45, 7) is 2.60. The standard InChI is InChI=1S/C22H28FN3O7/c1-14(27)24-11-16-10-17(22(30)33-16)15-3-4-19(18(23)9-15)25-5-7-26(8-6-25)20(28)12-32-21(29)13-31-2/h3-4,9,16-17H,5-8,10-13H2,1-2H3,(H,24,27)/t16-,17?/m1/s1. The predicted molar refractivity (Wildman–Crippen MR) is 114 cm³/mol. The van der Waals surface area contributed by atoms with E-state index in [0.717, 1.165) is 0 Å². The molecule has 2 heterocycles. The number of nitrogens with zero attached hydrogens (tertiary/aromatic N) is 2. The lowest BCUT2D eigenvalue weighted by molar-refractivity contribution is -0.155. The van der Waals surface area contributed by atoms with Crippen LogP contribution in [0.1, 0.15) is 24.8 Å². The number of carbonyl (C=O) groups is 4. The summed E-state index contributed by atoms with van der Waals surface area (Å²) in [5, 5.41) is 2.62. The van der Waals surface area contributed by atoms with Gasteiger partial charge < -0.3 is 29.3 Å². The molecule has 1 aromatic carbocycles. The van der Waals surface area contributed by atoms with Crippen LogP contribution in [-0.4, -0.2) is 87.8 Å². The molecule has 2 amide bonds. The molecule has 10 nitrogen and oxygen atoms in total. The van der Waals surface area contributed by atoms with Crippen LogP contribution in [-0.2, 0) is 33.4 Å². The number of rotatable bonds is 8. The second kappa shape index (κ2) is 11.1. The maximum absolute atomic E-state index is 14.9. The molecule has 2 aliphatic rings. The Balaban J connectivity index is 1.54. The summed E-state index contributed by atoms with van der Waals surface area (Å²) in [6.07, 6.45) is -0.0679. The van der Waals surface area contributed by atoms with Gasteiger partial charge in [-0.2, -0.15) is 0 Å². The molecule has 2 aliphatic heterocycles. The van der Waals surface area contributed by atoms with Crippen LogP contribution >= 0.6 is 0 Å². The van der Waals surface area contributed by atoms with Crippen LogP contribution < -0.4 is 10.2 Å². The maximum atomic E-state index is 14.9. The van der Waals surface area contributed by atoms with E-state index < -0.39 is 29.8 Å². The van der Waals surface area contributed by atoms with Crippen molar-refractivity contribution >= 4 is 29.4 Å². The number of piperazine rings is 1. The molecule has 33 heavy (non-hydrogen) atoms. The number of halogens is 1. The lowest BCUT2D eigenvalue weighted by Gasteiger charge is -2.36. The van der Waals surface area contributed by atoms with Crippen LogP contribution in [0.15, 0.2) is 18.2 Å². The summed E-state index contributed by atoms with van der Waals surface area (Å²) < 4.78 is 29.7. The number of cyclic esters (lactones) is 1. The minimum atomic E-state index is -0.612. The highest BCUT2D eigenvalue weighted by Crippen LogP contribution is 2.33. The Bertz CT molecular complexity index is 902. The number of amides is 2. The van der Waals surface area contributed by atoms with Gasteiger partial charge in [0.1, 0.15) is 18.5 Å². The van der Waals surface area contributed by atoms with E-state index in [1.807, 2.05) is 4.90 Å². The molecule has 0 radical (unpaired) electrons. The van der Waals surface area contributed by atoms with Crippen LogP contribution in [0.5, 0.6) is 0 Å². The van der Waals surface area contributed by atoms with Gasteiger partial charge in [0.15, 0.2) is 6.61 Å². The number of esters is 2. The summed E-state index contributed by atoms with van der Waals surface area (Å²) in [6, 6.07) is 4.68. The number of carbonyl (C=O) groups excluding carboxylic acids is 4. The van der Waals surface area contributed by atoms with Gasteiger partial charge in [0.05, 0.1) is 18.2 Å². The van der Waals surface area contributed by atoms with Gasteiger partial charge in [-0.3, -0.25) is 14.4 Å². The molecule has 2 saturated heterocycles. The van der Waals surface area contributed by atoms with Crippen molar-refractivity contribution in [2.24, 2.45) is 0 Å². The Kier molecular flexibility index (Phi) is 8.21. The highest BCUT2D eigenvalue weighted by molar-refractivity contribution is 5.82. The van der Waals surface area contributed by atoms with Gasteiger partial charge in [-0.05, 0) is 17.7 Å². The van der Waals surface area contributed by atoms with Gasteiger partial charge in [-0.1, -0.05) is 6.07 Å². The second-order valence-electron chi connectivity index (χ2n) is 7.96. The van der Waals surface area contributed by atoms with Crippen LogP contribution in [0.3, 0.4) is 0 Å². The molecule has 0 spiro atoms. The highest BCUT2D eigenvalue weighted by Gasteiger charge is 2.36. The summed E-state index contributed by atoms with van der Waals surface area (Å²) in [5.41, 5.74) is 0.914. The number of nitrogens with one attached hydrogen (secondary N) is 1. The van der Waals surface area contributed by atoms with Crippen molar-refractivity contribution in [3.05, 3.63) is 29.6 Å². The van der Waals surface area contributed by atoms with Crippen molar-refractivity contribution in [3.63, 3.8) is 0 Å². The normalized spacial score (nSPS) is 20.4. The Morgan fingerprint density at radius 2 is 1.91 bits per heavy atom. The lowest BCUT2D eigenvalue weighted by atomic mass is 9.95. The fraction of sp³-hybridized carbons (Fsp3) is 0.545. The van der Waals surface area contributed by atoms with E-state index in [1.54, 1.807) is 17.0 Å². The van der Waals surface area contributed by atoms with E-state index in [1.165, 1.54) is 20.1 Å². The number of benzene rings is 1. The van der Waals surface area contributed by atoms with Crippen LogP contribution in [0, 0.1) is 5.82 Å². The third-order valence-electron chi connectivity index (χ3n) is 5.61. The zero-order chi connectivity index (χ0) is 24.0. The molecular formula is C22H28FN3O7. The number of hydrogen-bond acceptors (Lipinski definition) is 8. The number of ether oxygens (including phenoxy) is 3. The molecule has 180 valence electrons. The SMILES string of the molecule is COCC(=O)OCC(=O)N1CCN(c2ccc(C3C[C@H](CNC(C)=O)OC3=O)cc2F)CC1. The van der Waals surface area contributed by atoms with E-state index in [0.29, 0.717) is 43.9 Å². The van der Waals surface area contributed by atoms with Crippen molar-refractivity contribution in [1.29, 1.82) is 0 Å². The smallest absolute Gasteiger partial charge is 0.332 e. The topological polar surface area (TPSA) is 114 Å². The first-order valence-corrected chi connectivity index (χ1v) is 10.7. The zero-order valence-corrected chi connectivity index (χ0v) is 18.7. The first-order valence-electron chi connectivity index (χ1n) is 10.7. The Morgan fingerprint density at radius 1 is 1.18 bits per heavy atom. The molecule has 2 atom stereocenters. The van der Waals surface area contributed by atoms with E-state index >= 15 is 0 Å². The largest absolute Gasteiger partial charge is 0.460 e. The van der Waals surface area contributed by atoms with E-state index in [9.17, 15) is 23.6 Å². The zero-order valence-electron chi connectivity index (χ0n) is 18.7. The average molecular weight is 465 g/mol. The molecule has 1 aromatic rings. The Morgan fingerprint density at radius 3 is 2.55 bits per heavy atom. The van der Waals surface area contributed by atoms with E-state index in [-0.39, 0.29) is 31.6 Å². The second-order valence-corrected chi connectivity index (χ2v) is 7.96. The lowest BCUT2D eigenvalue weighted by Crippen LogP contribution is -2.50. The van der Waals surface area contributed by atoms with E-state index in [2.05, 4.69) is 10.1 Å². The molecule has 3 rings (SSSR count). The number of anilines is 1. The fourth-order valence-electron chi connectivity index (χ4n) is 3.89. The van der Waals surface area contributed by atoms with Gasteiger partial charge in [0.2, 0.25) is 5.91 Å². The fourth-order valence-corrected chi connectivity index (χ4v) is 3.89. The van der Waals surface area contributed by atoms with Crippen molar-refractivity contribution < 1.29 is 37.8 Å². The first kappa shape index (κ1) is 24.4. The molecule has 11 heteroatoms. The van der Waals surface area contributed by atoms with E-state index in [4.69, 9.17) is 9.47 Å². The first-order chi connectivity index (χ1) is 15.8. The van der Waals surface area contributed by atoms with Crippen LogP contribution in [0.25, 0.3) is 0 Å². The monoisotopic (exact) mass is 465 g/mol. The minimum Gasteiger partial charge on any atom is -0.460 e. The quantitative estimate of drug-likeness (QED) is 0.542. The summed E-state index contributed by atoms with van der Waals surface area (Å²) in [4.78, 5) is 50.2. The third-order valence-corrected chi connectivity index (χ3v) is 5.61. The molecule has 0 aliphatic carbocycles. The molecule has 0 saturated carbocycles. The summed E-state index contributed by atoms with van der Waals surface area (Å²) in [7, 11) is 1.36. The number of methoxy groups -OCH3 is 1. The average Bonchev–Trinajstić information content (AvgIpc) is 3.17. The minimum absolute atomic E-state index is 0.209. The van der Waals surface area contributed by atoms with Crippen molar-refractivity contribution in [2.75, 3.05) is 57.9 Å². The molecular weight excluding hydrogens is 437 g/mol. The maximum Gasteiger partial charge on any atom is 0.332 e. The van der Waals surface area contributed by atoms with Gasteiger partial charge in [-0.15, -0.1) is 0 Å². The predicted octanol–water partition coefficient (Wildman–Crippen LogP) is 0.199. The van der Waals surface area contributed by atoms with Gasteiger partial charge in [0.25, 0.3) is 5.91 Å². The molecule has 1 N–H and O–H groups in total. The Labute approximate surface area is 190 Å². The summed E-state index contributed by atoms with van der Waals surface area (Å²) >= 11 is 0. The molecule has 2 fully saturated rings. The molecule has 0 aromatic heterocycles. The van der Waals surface area contributed by atoms with Crippen molar-refractivity contribution in [3.8, 4) is 0 Å². The Hall–Kier alpha value is -3.21. The number of hydrogen-bond donors (Lipinski definition) is 1. The van der Waals surface area contributed by atoms with Crippen LogP contribution in [0.4, 0.5) is 10.1 Å².